The first-order valence-electron chi connectivity index (χ1n) is 9.79. The molecule has 1 amide bonds. The normalized spacial score (nSPS) is 14.2. The third kappa shape index (κ3) is 5.25. The third-order valence-electron chi connectivity index (χ3n) is 5.15. The number of amides is 1. The van der Waals surface area contributed by atoms with Crippen LogP contribution in [0, 0.1) is 13.8 Å². The summed E-state index contributed by atoms with van der Waals surface area (Å²) in [4.78, 5) is 12.3. The van der Waals surface area contributed by atoms with Crippen molar-refractivity contribution in [3.05, 3.63) is 58.7 Å². The van der Waals surface area contributed by atoms with Crippen molar-refractivity contribution in [3.8, 4) is 11.5 Å². The molecule has 3 rings (SSSR count). The minimum absolute atomic E-state index is 0.128. The van der Waals surface area contributed by atoms with Crippen molar-refractivity contribution >= 4 is 5.91 Å². The van der Waals surface area contributed by atoms with E-state index in [1.807, 2.05) is 24.3 Å². The van der Waals surface area contributed by atoms with Crippen LogP contribution in [0.25, 0.3) is 0 Å². The highest BCUT2D eigenvalue weighted by Gasteiger charge is 2.16. The minimum Gasteiger partial charge on any atom is -0.492 e. The summed E-state index contributed by atoms with van der Waals surface area (Å²) in [6.07, 6.45) is 4.20. The molecule has 27 heavy (non-hydrogen) atoms. The van der Waals surface area contributed by atoms with Gasteiger partial charge in [0, 0.05) is 0 Å². The Labute approximate surface area is 161 Å². The van der Waals surface area contributed by atoms with Crippen LogP contribution >= 0.6 is 0 Å². The lowest BCUT2D eigenvalue weighted by Gasteiger charge is -2.19. The fourth-order valence-corrected chi connectivity index (χ4v) is 3.33. The SMILES string of the molecule is Cc1ccc(OCCNC(=O)[C@H](C)Oc2ccc3c(c2)CCCC3)cc1C. The van der Waals surface area contributed by atoms with E-state index in [1.165, 1.54) is 35.1 Å². The van der Waals surface area contributed by atoms with E-state index in [-0.39, 0.29) is 5.91 Å². The van der Waals surface area contributed by atoms with Crippen LogP contribution in [0.2, 0.25) is 0 Å². The number of benzene rings is 2. The molecular formula is C23H29NO3. The van der Waals surface area contributed by atoms with Crippen molar-refractivity contribution in [2.24, 2.45) is 0 Å². The van der Waals surface area contributed by atoms with Crippen LogP contribution in [0.4, 0.5) is 0 Å². The van der Waals surface area contributed by atoms with Gasteiger partial charge < -0.3 is 14.8 Å². The van der Waals surface area contributed by atoms with Crippen LogP contribution < -0.4 is 14.8 Å². The zero-order chi connectivity index (χ0) is 19.2. The number of carbonyl (C=O) groups excluding carboxylic acids is 1. The molecule has 0 heterocycles. The lowest BCUT2D eigenvalue weighted by molar-refractivity contribution is -0.127. The maximum absolute atomic E-state index is 12.3. The fourth-order valence-electron chi connectivity index (χ4n) is 3.33. The van der Waals surface area contributed by atoms with E-state index in [0.717, 1.165) is 24.3 Å². The third-order valence-corrected chi connectivity index (χ3v) is 5.15. The molecule has 0 saturated carbocycles. The van der Waals surface area contributed by atoms with Crippen molar-refractivity contribution in [2.75, 3.05) is 13.2 Å². The maximum Gasteiger partial charge on any atom is 0.260 e. The zero-order valence-corrected chi connectivity index (χ0v) is 16.5. The van der Waals surface area contributed by atoms with E-state index in [0.29, 0.717) is 13.2 Å². The van der Waals surface area contributed by atoms with Gasteiger partial charge in [0.1, 0.15) is 18.1 Å². The first-order valence-corrected chi connectivity index (χ1v) is 9.79. The molecule has 0 fully saturated rings. The minimum atomic E-state index is -0.534. The molecule has 144 valence electrons. The molecule has 1 aliphatic carbocycles. The zero-order valence-electron chi connectivity index (χ0n) is 16.5. The van der Waals surface area contributed by atoms with E-state index in [4.69, 9.17) is 9.47 Å². The lowest BCUT2D eigenvalue weighted by atomic mass is 9.92. The molecule has 0 aliphatic heterocycles. The van der Waals surface area contributed by atoms with Gasteiger partial charge in [-0.3, -0.25) is 4.79 Å². The average molecular weight is 367 g/mol. The average Bonchev–Trinajstić information content (AvgIpc) is 2.67. The number of aryl methyl sites for hydroxylation is 4. The highest BCUT2D eigenvalue weighted by Crippen LogP contribution is 2.25. The molecule has 1 atom stereocenters. The second-order valence-corrected chi connectivity index (χ2v) is 7.28. The molecule has 1 aliphatic rings. The molecule has 0 unspecified atom stereocenters. The predicted molar refractivity (Wildman–Crippen MR) is 108 cm³/mol. The number of fused-ring (bicyclic) bond motifs is 1. The molecular weight excluding hydrogens is 338 g/mol. The van der Waals surface area contributed by atoms with E-state index < -0.39 is 6.10 Å². The second kappa shape index (κ2) is 8.94. The Kier molecular flexibility index (Phi) is 6.38. The van der Waals surface area contributed by atoms with Gasteiger partial charge in [0.2, 0.25) is 0 Å². The van der Waals surface area contributed by atoms with Gasteiger partial charge in [-0.1, -0.05) is 12.1 Å². The van der Waals surface area contributed by atoms with Gasteiger partial charge in [0.25, 0.3) is 5.91 Å². The van der Waals surface area contributed by atoms with E-state index >= 15 is 0 Å². The van der Waals surface area contributed by atoms with Crippen molar-refractivity contribution in [1.82, 2.24) is 5.32 Å². The van der Waals surface area contributed by atoms with Gasteiger partial charge in [0.15, 0.2) is 6.10 Å². The first kappa shape index (κ1) is 19.3. The first-order chi connectivity index (χ1) is 13.0. The summed E-state index contributed by atoms with van der Waals surface area (Å²) in [5, 5.41) is 2.87. The smallest absolute Gasteiger partial charge is 0.260 e. The summed E-state index contributed by atoms with van der Waals surface area (Å²) in [5.74, 6) is 1.46. The number of carbonyl (C=O) groups is 1. The van der Waals surface area contributed by atoms with Crippen LogP contribution in [0.3, 0.4) is 0 Å². The number of rotatable bonds is 7. The molecule has 2 aromatic carbocycles. The van der Waals surface area contributed by atoms with Crippen LogP contribution in [0.15, 0.2) is 36.4 Å². The van der Waals surface area contributed by atoms with Gasteiger partial charge in [-0.25, -0.2) is 0 Å². The van der Waals surface area contributed by atoms with Gasteiger partial charge in [-0.15, -0.1) is 0 Å². The number of hydrogen-bond donors (Lipinski definition) is 1. The Bertz CT molecular complexity index is 800. The van der Waals surface area contributed by atoms with Crippen LogP contribution in [0.1, 0.15) is 42.0 Å². The lowest BCUT2D eigenvalue weighted by Crippen LogP contribution is -2.38. The van der Waals surface area contributed by atoms with Crippen molar-refractivity contribution in [2.45, 2.75) is 52.6 Å². The Hall–Kier alpha value is -2.49. The van der Waals surface area contributed by atoms with E-state index in [9.17, 15) is 4.79 Å². The Morgan fingerprint density at radius 3 is 2.52 bits per heavy atom. The molecule has 0 spiro atoms. The maximum atomic E-state index is 12.3. The predicted octanol–water partition coefficient (Wildman–Crippen LogP) is 4.14. The fraction of sp³-hybridized carbons (Fsp3) is 0.435. The number of ether oxygens (including phenoxy) is 2. The Balaban J connectivity index is 1.43. The van der Waals surface area contributed by atoms with E-state index in [2.05, 4.69) is 31.3 Å². The van der Waals surface area contributed by atoms with Crippen LogP contribution in [-0.4, -0.2) is 25.2 Å². The molecule has 0 radical (unpaired) electrons. The quantitative estimate of drug-likeness (QED) is 0.748. The molecule has 0 bridgehead atoms. The highest BCUT2D eigenvalue weighted by atomic mass is 16.5. The van der Waals surface area contributed by atoms with Crippen molar-refractivity contribution < 1.29 is 14.3 Å². The van der Waals surface area contributed by atoms with Crippen LogP contribution in [-0.2, 0) is 17.6 Å². The summed E-state index contributed by atoms with van der Waals surface area (Å²) < 4.78 is 11.5. The standard InChI is InChI=1S/C23H29NO3/c1-16-8-10-21(14-17(16)2)26-13-12-24-23(25)18(3)27-22-11-9-19-6-4-5-7-20(19)15-22/h8-11,14-15,18H,4-7,12-13H2,1-3H3,(H,24,25)/t18-/m0/s1. The monoisotopic (exact) mass is 367 g/mol. The molecule has 4 nitrogen and oxygen atoms in total. The summed E-state index contributed by atoms with van der Waals surface area (Å²) in [6, 6.07) is 12.2. The summed E-state index contributed by atoms with van der Waals surface area (Å²) in [7, 11) is 0. The Morgan fingerprint density at radius 1 is 1.00 bits per heavy atom. The van der Waals surface area contributed by atoms with Gasteiger partial charge in [-0.05, 0) is 93.0 Å². The second-order valence-electron chi connectivity index (χ2n) is 7.28. The van der Waals surface area contributed by atoms with Gasteiger partial charge in [-0.2, -0.15) is 0 Å². The van der Waals surface area contributed by atoms with E-state index in [1.54, 1.807) is 6.92 Å². The topological polar surface area (TPSA) is 47.6 Å². The van der Waals surface area contributed by atoms with Gasteiger partial charge in [0.05, 0.1) is 6.54 Å². The van der Waals surface area contributed by atoms with Crippen LogP contribution in [0.5, 0.6) is 11.5 Å². The summed E-state index contributed by atoms with van der Waals surface area (Å²) >= 11 is 0. The summed E-state index contributed by atoms with van der Waals surface area (Å²) in [6.45, 7) is 6.79. The van der Waals surface area contributed by atoms with Crippen molar-refractivity contribution in [3.63, 3.8) is 0 Å². The molecule has 2 aromatic rings. The molecule has 0 saturated heterocycles. The van der Waals surface area contributed by atoms with Crippen molar-refractivity contribution in [1.29, 1.82) is 0 Å². The number of nitrogens with one attached hydrogen (secondary N) is 1. The summed E-state index contributed by atoms with van der Waals surface area (Å²) in [5.41, 5.74) is 5.20. The molecule has 0 aromatic heterocycles. The highest BCUT2D eigenvalue weighted by molar-refractivity contribution is 5.80. The van der Waals surface area contributed by atoms with Gasteiger partial charge >= 0.3 is 0 Å². The Morgan fingerprint density at radius 2 is 1.74 bits per heavy atom. The largest absolute Gasteiger partial charge is 0.492 e. The molecule has 1 N–H and O–H groups in total. The number of hydrogen-bond acceptors (Lipinski definition) is 3. The molecule has 4 heteroatoms.